The Hall–Kier alpha value is -2.15. The third-order valence-electron chi connectivity index (χ3n) is 5.45. The van der Waals surface area contributed by atoms with Crippen molar-refractivity contribution < 1.29 is 9.59 Å². The predicted octanol–water partition coefficient (Wildman–Crippen LogP) is 4.18. The third kappa shape index (κ3) is 6.69. The van der Waals surface area contributed by atoms with Gasteiger partial charge in [0.15, 0.2) is 5.17 Å². The van der Waals surface area contributed by atoms with Crippen LogP contribution in [0.1, 0.15) is 75.8 Å². The van der Waals surface area contributed by atoms with Gasteiger partial charge in [0, 0.05) is 18.5 Å². The van der Waals surface area contributed by atoms with E-state index in [4.69, 9.17) is 0 Å². The van der Waals surface area contributed by atoms with Gasteiger partial charge in [-0.3, -0.25) is 9.59 Å². The molecule has 0 aromatic heterocycles. The molecule has 3 rings (SSSR count). The molecule has 1 aromatic rings. The van der Waals surface area contributed by atoms with Gasteiger partial charge in [0.1, 0.15) is 5.25 Å². The van der Waals surface area contributed by atoms with E-state index in [0.29, 0.717) is 11.7 Å². The van der Waals surface area contributed by atoms with Crippen molar-refractivity contribution in [3.8, 4) is 0 Å². The van der Waals surface area contributed by atoms with E-state index in [2.05, 4.69) is 39.9 Å². The third-order valence-corrected chi connectivity index (χ3v) is 6.52. The Morgan fingerprint density at radius 2 is 1.93 bits per heavy atom. The van der Waals surface area contributed by atoms with Gasteiger partial charge in [0.2, 0.25) is 11.8 Å². The monoisotopic (exact) mass is 428 g/mol. The lowest BCUT2D eigenvalue weighted by Gasteiger charge is -2.16. The van der Waals surface area contributed by atoms with Gasteiger partial charge in [-0.2, -0.15) is 5.10 Å². The first kappa shape index (κ1) is 22.5. The SMILES string of the molecule is CCCCCCCCNC(=O)CC1S/C(=N\N=C2/CCCc3ccccc32)NC1=O. The van der Waals surface area contributed by atoms with Crippen molar-refractivity contribution in [2.45, 2.75) is 76.4 Å². The fourth-order valence-corrected chi connectivity index (χ4v) is 4.69. The minimum Gasteiger partial charge on any atom is -0.356 e. The van der Waals surface area contributed by atoms with Crippen molar-refractivity contribution in [1.29, 1.82) is 0 Å². The van der Waals surface area contributed by atoms with E-state index in [9.17, 15) is 9.59 Å². The molecule has 1 saturated heterocycles. The first-order valence-corrected chi connectivity index (χ1v) is 12.0. The summed E-state index contributed by atoms with van der Waals surface area (Å²) in [5.74, 6) is -0.248. The van der Waals surface area contributed by atoms with Crippen molar-refractivity contribution in [1.82, 2.24) is 10.6 Å². The van der Waals surface area contributed by atoms with Gasteiger partial charge in [-0.15, -0.1) is 5.10 Å². The Kier molecular flexibility index (Phi) is 8.93. The molecule has 7 heteroatoms. The van der Waals surface area contributed by atoms with Crippen LogP contribution in [-0.4, -0.2) is 34.5 Å². The minimum atomic E-state index is -0.438. The average molecular weight is 429 g/mol. The van der Waals surface area contributed by atoms with E-state index in [1.54, 1.807) is 0 Å². The molecule has 162 valence electrons. The molecule has 0 radical (unpaired) electrons. The van der Waals surface area contributed by atoms with Crippen LogP contribution >= 0.6 is 11.8 Å². The van der Waals surface area contributed by atoms with Crippen LogP contribution in [0.4, 0.5) is 0 Å². The van der Waals surface area contributed by atoms with Gasteiger partial charge >= 0.3 is 0 Å². The molecule has 30 heavy (non-hydrogen) atoms. The molecule has 1 heterocycles. The lowest BCUT2D eigenvalue weighted by Crippen LogP contribution is -2.31. The van der Waals surface area contributed by atoms with Crippen LogP contribution in [0, 0.1) is 0 Å². The summed E-state index contributed by atoms with van der Waals surface area (Å²) in [5, 5.41) is 14.4. The number of hydrogen-bond acceptors (Lipinski definition) is 5. The van der Waals surface area contributed by atoms with E-state index in [1.165, 1.54) is 43.0 Å². The van der Waals surface area contributed by atoms with Crippen LogP contribution in [-0.2, 0) is 16.0 Å². The summed E-state index contributed by atoms with van der Waals surface area (Å²) >= 11 is 1.29. The number of benzene rings is 1. The summed E-state index contributed by atoms with van der Waals surface area (Å²) in [6.45, 7) is 2.88. The molecule has 1 unspecified atom stereocenters. The van der Waals surface area contributed by atoms with Gasteiger partial charge in [-0.25, -0.2) is 0 Å². The normalized spacial score (nSPS) is 21.0. The lowest BCUT2D eigenvalue weighted by molar-refractivity contribution is -0.125. The number of aryl methyl sites for hydroxylation is 1. The maximum Gasteiger partial charge on any atom is 0.240 e. The molecule has 2 N–H and O–H groups in total. The Labute approximate surface area is 183 Å². The number of hydrogen-bond donors (Lipinski definition) is 2. The average Bonchev–Trinajstić information content (AvgIpc) is 3.10. The number of amides is 2. The standard InChI is InChI=1S/C23H32N4O2S/c1-2-3-4-5-6-9-15-24-21(28)16-20-22(29)25-23(30-20)27-26-19-14-10-12-17-11-7-8-13-18(17)19/h7-8,11,13,20H,2-6,9-10,12,14-16H2,1H3,(H,24,28)(H,25,27,29)/b26-19+. The maximum atomic E-state index is 12.2. The zero-order valence-electron chi connectivity index (χ0n) is 17.8. The number of carbonyl (C=O) groups excluding carboxylic acids is 2. The van der Waals surface area contributed by atoms with Crippen LogP contribution in [0.15, 0.2) is 34.5 Å². The molecular formula is C23H32N4O2S. The highest BCUT2D eigenvalue weighted by Gasteiger charge is 2.32. The largest absolute Gasteiger partial charge is 0.356 e. The van der Waals surface area contributed by atoms with Crippen LogP contribution in [0.3, 0.4) is 0 Å². The van der Waals surface area contributed by atoms with E-state index in [-0.39, 0.29) is 18.2 Å². The van der Waals surface area contributed by atoms with Gasteiger partial charge in [0.25, 0.3) is 0 Å². The minimum absolute atomic E-state index is 0.0787. The Morgan fingerprint density at radius 1 is 1.13 bits per heavy atom. The fraction of sp³-hybridized carbons (Fsp3) is 0.565. The molecular weight excluding hydrogens is 396 g/mol. The Morgan fingerprint density at radius 3 is 2.80 bits per heavy atom. The van der Waals surface area contributed by atoms with Gasteiger partial charge in [-0.05, 0) is 31.2 Å². The molecule has 0 bridgehead atoms. The van der Waals surface area contributed by atoms with E-state index >= 15 is 0 Å². The van der Waals surface area contributed by atoms with Crippen LogP contribution < -0.4 is 10.6 Å². The molecule has 0 spiro atoms. The first-order chi connectivity index (χ1) is 14.7. The second-order valence-electron chi connectivity index (χ2n) is 7.88. The van der Waals surface area contributed by atoms with Crippen molar-refractivity contribution in [3.63, 3.8) is 0 Å². The zero-order chi connectivity index (χ0) is 21.2. The predicted molar refractivity (Wildman–Crippen MR) is 124 cm³/mol. The van der Waals surface area contributed by atoms with Crippen molar-refractivity contribution in [3.05, 3.63) is 35.4 Å². The van der Waals surface area contributed by atoms with E-state index in [1.807, 2.05) is 12.1 Å². The summed E-state index contributed by atoms with van der Waals surface area (Å²) in [4.78, 5) is 24.4. The molecule has 6 nitrogen and oxygen atoms in total. The second kappa shape index (κ2) is 11.9. The summed E-state index contributed by atoms with van der Waals surface area (Å²) in [5.41, 5.74) is 3.40. The summed E-state index contributed by atoms with van der Waals surface area (Å²) in [6, 6.07) is 8.26. The molecule has 2 aliphatic rings. The Bertz CT molecular complexity index is 806. The Balaban J connectivity index is 1.44. The van der Waals surface area contributed by atoms with Gasteiger partial charge in [0.05, 0.1) is 5.71 Å². The smallest absolute Gasteiger partial charge is 0.240 e. The highest BCUT2D eigenvalue weighted by Crippen LogP contribution is 2.24. The van der Waals surface area contributed by atoms with Crippen LogP contribution in [0.5, 0.6) is 0 Å². The number of rotatable bonds is 10. The number of nitrogens with zero attached hydrogens (tertiary/aromatic N) is 2. The first-order valence-electron chi connectivity index (χ1n) is 11.1. The second-order valence-corrected chi connectivity index (χ2v) is 9.07. The van der Waals surface area contributed by atoms with Crippen LogP contribution in [0.2, 0.25) is 0 Å². The lowest BCUT2D eigenvalue weighted by atomic mass is 9.90. The molecule has 2 amide bonds. The number of fused-ring (bicyclic) bond motifs is 1. The van der Waals surface area contributed by atoms with Crippen molar-refractivity contribution >= 4 is 34.5 Å². The molecule has 1 aliphatic heterocycles. The molecule has 1 atom stereocenters. The number of amidine groups is 1. The van der Waals surface area contributed by atoms with Gasteiger partial charge in [-0.1, -0.05) is 75.1 Å². The number of thioether (sulfide) groups is 1. The quantitative estimate of drug-likeness (QED) is 0.433. The zero-order valence-corrected chi connectivity index (χ0v) is 18.6. The number of nitrogens with one attached hydrogen (secondary N) is 2. The fourth-order valence-electron chi connectivity index (χ4n) is 3.77. The number of carbonyl (C=O) groups is 2. The summed E-state index contributed by atoms with van der Waals surface area (Å²) in [7, 11) is 0. The van der Waals surface area contributed by atoms with Crippen LogP contribution in [0.25, 0.3) is 0 Å². The summed E-state index contributed by atoms with van der Waals surface area (Å²) in [6.07, 6.45) is 10.3. The molecule has 1 fully saturated rings. The van der Waals surface area contributed by atoms with Crippen molar-refractivity contribution in [2.24, 2.45) is 10.2 Å². The van der Waals surface area contributed by atoms with E-state index in [0.717, 1.165) is 43.4 Å². The van der Waals surface area contributed by atoms with Crippen molar-refractivity contribution in [2.75, 3.05) is 6.54 Å². The van der Waals surface area contributed by atoms with Gasteiger partial charge < -0.3 is 10.6 Å². The topological polar surface area (TPSA) is 82.9 Å². The van der Waals surface area contributed by atoms with E-state index < -0.39 is 5.25 Å². The maximum absolute atomic E-state index is 12.2. The highest BCUT2D eigenvalue weighted by molar-refractivity contribution is 8.15. The summed E-state index contributed by atoms with van der Waals surface area (Å²) < 4.78 is 0. The molecule has 1 aromatic carbocycles. The molecule has 0 saturated carbocycles. The molecule has 1 aliphatic carbocycles. The highest BCUT2D eigenvalue weighted by atomic mass is 32.2. The number of unbranched alkanes of at least 4 members (excludes halogenated alkanes) is 5.